The van der Waals surface area contributed by atoms with Crippen molar-refractivity contribution in [3.05, 3.63) is 35.6 Å². The van der Waals surface area contributed by atoms with Crippen LogP contribution >= 0.6 is 0 Å². The van der Waals surface area contributed by atoms with Gasteiger partial charge >= 0.3 is 0 Å². The maximum Gasteiger partial charge on any atom is 0.191 e. The summed E-state index contributed by atoms with van der Waals surface area (Å²) in [6.07, 6.45) is 0. The van der Waals surface area contributed by atoms with Crippen molar-refractivity contribution >= 4 is 5.96 Å². The van der Waals surface area contributed by atoms with E-state index in [1.807, 2.05) is 19.0 Å². The van der Waals surface area contributed by atoms with Crippen molar-refractivity contribution in [2.75, 3.05) is 46.9 Å². The van der Waals surface area contributed by atoms with Gasteiger partial charge in [0.1, 0.15) is 5.82 Å². The van der Waals surface area contributed by atoms with Crippen LogP contribution in [0.4, 0.5) is 4.39 Å². The van der Waals surface area contributed by atoms with Gasteiger partial charge in [-0.15, -0.1) is 0 Å². The van der Waals surface area contributed by atoms with Crippen LogP contribution in [0.2, 0.25) is 0 Å². The average Bonchev–Trinajstić information content (AvgIpc) is 2.49. The topological polar surface area (TPSA) is 54.1 Å². The van der Waals surface area contributed by atoms with Gasteiger partial charge in [-0.2, -0.15) is 0 Å². The Hall–Kier alpha value is -1.66. The second-order valence-corrected chi connectivity index (χ2v) is 5.33. The lowest BCUT2D eigenvalue weighted by molar-refractivity contribution is 0.0673. The standard InChI is InChI=1S/C15H23FN4O/c1-19(2)14(12-3-5-13(16)6-4-12)11-18-15(17)20-7-9-21-10-8-20/h3-6,14H,7-11H2,1-2H3,(H2,17,18). The quantitative estimate of drug-likeness (QED) is 0.667. The van der Waals surface area contributed by atoms with Gasteiger partial charge in [0.25, 0.3) is 0 Å². The van der Waals surface area contributed by atoms with Crippen LogP contribution in [0.15, 0.2) is 29.3 Å². The van der Waals surface area contributed by atoms with E-state index < -0.39 is 0 Å². The summed E-state index contributed by atoms with van der Waals surface area (Å²) in [4.78, 5) is 8.59. The molecule has 1 atom stereocenters. The van der Waals surface area contributed by atoms with E-state index in [9.17, 15) is 4.39 Å². The third-order valence-electron chi connectivity index (χ3n) is 3.64. The van der Waals surface area contributed by atoms with Crippen molar-refractivity contribution < 1.29 is 9.13 Å². The van der Waals surface area contributed by atoms with Crippen LogP contribution in [0.3, 0.4) is 0 Å². The Labute approximate surface area is 125 Å². The Morgan fingerprint density at radius 3 is 2.52 bits per heavy atom. The molecule has 1 aliphatic heterocycles. The Morgan fingerprint density at radius 2 is 1.95 bits per heavy atom. The maximum atomic E-state index is 13.0. The van der Waals surface area contributed by atoms with Crippen molar-refractivity contribution in [1.82, 2.24) is 9.80 Å². The zero-order valence-corrected chi connectivity index (χ0v) is 12.6. The SMILES string of the molecule is CN(C)C(CN=C(N)N1CCOCC1)c1ccc(F)cc1. The molecule has 1 aromatic rings. The molecule has 2 N–H and O–H groups in total. The number of guanidine groups is 1. The number of nitrogens with zero attached hydrogens (tertiary/aromatic N) is 3. The molecule has 21 heavy (non-hydrogen) atoms. The summed E-state index contributed by atoms with van der Waals surface area (Å²) < 4.78 is 18.3. The number of likely N-dealkylation sites (N-methyl/N-ethyl adjacent to an activating group) is 1. The molecule has 116 valence electrons. The van der Waals surface area contributed by atoms with Gasteiger partial charge in [-0.1, -0.05) is 12.1 Å². The number of aliphatic imine (C=N–C) groups is 1. The molecule has 0 radical (unpaired) electrons. The van der Waals surface area contributed by atoms with E-state index in [1.54, 1.807) is 12.1 Å². The van der Waals surface area contributed by atoms with Crippen LogP contribution in [0.1, 0.15) is 11.6 Å². The van der Waals surface area contributed by atoms with E-state index in [0.29, 0.717) is 25.7 Å². The molecule has 6 heteroatoms. The summed E-state index contributed by atoms with van der Waals surface area (Å²) in [6.45, 7) is 3.47. The number of halogens is 1. The Morgan fingerprint density at radius 1 is 1.33 bits per heavy atom. The van der Waals surface area contributed by atoms with Gasteiger partial charge in [0.2, 0.25) is 0 Å². The first-order chi connectivity index (χ1) is 10.1. The van der Waals surface area contributed by atoms with Crippen LogP contribution in [0, 0.1) is 5.82 Å². The minimum absolute atomic E-state index is 0.0743. The molecule has 0 saturated carbocycles. The fourth-order valence-corrected chi connectivity index (χ4v) is 2.32. The van der Waals surface area contributed by atoms with Crippen molar-refractivity contribution in [2.24, 2.45) is 10.7 Å². The zero-order chi connectivity index (χ0) is 15.2. The van der Waals surface area contributed by atoms with Gasteiger partial charge in [0, 0.05) is 13.1 Å². The molecule has 0 spiro atoms. The van der Waals surface area contributed by atoms with Crippen molar-refractivity contribution in [1.29, 1.82) is 0 Å². The summed E-state index contributed by atoms with van der Waals surface area (Å²) in [5, 5.41) is 0. The molecule has 2 rings (SSSR count). The monoisotopic (exact) mass is 294 g/mol. The number of benzene rings is 1. The highest BCUT2D eigenvalue weighted by Crippen LogP contribution is 2.19. The van der Waals surface area contributed by atoms with Gasteiger partial charge in [-0.05, 0) is 31.8 Å². The summed E-state index contributed by atoms with van der Waals surface area (Å²) in [7, 11) is 3.96. The molecule has 0 amide bonds. The smallest absolute Gasteiger partial charge is 0.191 e. The molecule has 0 aliphatic carbocycles. The Bertz CT molecular complexity index is 469. The second kappa shape index (κ2) is 7.38. The van der Waals surface area contributed by atoms with Crippen LogP contribution < -0.4 is 5.73 Å². The van der Waals surface area contributed by atoms with Crippen LogP contribution in [0.5, 0.6) is 0 Å². The van der Waals surface area contributed by atoms with Crippen molar-refractivity contribution in [3.8, 4) is 0 Å². The molecule has 1 aliphatic rings. The van der Waals surface area contributed by atoms with Crippen LogP contribution in [0.25, 0.3) is 0 Å². The number of morpholine rings is 1. The number of nitrogens with two attached hydrogens (primary N) is 1. The van der Waals surface area contributed by atoms with Gasteiger partial charge < -0.3 is 20.3 Å². The largest absolute Gasteiger partial charge is 0.378 e. The fraction of sp³-hybridized carbons (Fsp3) is 0.533. The summed E-state index contributed by atoms with van der Waals surface area (Å²) >= 11 is 0. The minimum Gasteiger partial charge on any atom is -0.378 e. The van der Waals surface area contributed by atoms with Gasteiger partial charge in [0.15, 0.2) is 5.96 Å². The highest BCUT2D eigenvalue weighted by Gasteiger charge is 2.16. The first kappa shape index (κ1) is 15.7. The lowest BCUT2D eigenvalue weighted by Gasteiger charge is -2.28. The third-order valence-corrected chi connectivity index (χ3v) is 3.64. The molecule has 1 saturated heterocycles. The molecule has 0 bridgehead atoms. The molecule has 1 aromatic carbocycles. The minimum atomic E-state index is -0.229. The highest BCUT2D eigenvalue weighted by atomic mass is 19.1. The first-order valence-corrected chi connectivity index (χ1v) is 7.12. The van der Waals surface area contributed by atoms with Gasteiger partial charge in [-0.3, -0.25) is 4.99 Å². The summed E-state index contributed by atoms with van der Waals surface area (Å²) in [5.74, 6) is 0.319. The normalized spacial score (nSPS) is 18.1. The van der Waals surface area contributed by atoms with E-state index >= 15 is 0 Å². The molecular weight excluding hydrogens is 271 g/mol. The number of hydrogen-bond donors (Lipinski definition) is 1. The number of rotatable bonds is 4. The Kier molecular flexibility index (Phi) is 5.52. The third kappa shape index (κ3) is 4.41. The molecule has 0 aromatic heterocycles. The molecule has 1 fully saturated rings. The number of ether oxygens (including phenoxy) is 1. The second-order valence-electron chi connectivity index (χ2n) is 5.33. The molecule has 1 unspecified atom stereocenters. The van der Waals surface area contributed by atoms with Crippen LogP contribution in [-0.4, -0.2) is 62.7 Å². The van der Waals surface area contributed by atoms with Gasteiger partial charge in [-0.25, -0.2) is 4.39 Å². The fourth-order valence-electron chi connectivity index (χ4n) is 2.32. The van der Waals surface area contributed by atoms with E-state index in [-0.39, 0.29) is 11.9 Å². The highest BCUT2D eigenvalue weighted by molar-refractivity contribution is 5.78. The molecule has 1 heterocycles. The zero-order valence-electron chi connectivity index (χ0n) is 12.6. The van der Waals surface area contributed by atoms with E-state index in [1.165, 1.54) is 12.1 Å². The summed E-state index contributed by atoms with van der Waals surface area (Å²) in [6, 6.07) is 6.60. The first-order valence-electron chi connectivity index (χ1n) is 7.12. The average molecular weight is 294 g/mol. The van der Waals surface area contributed by atoms with E-state index in [2.05, 4.69) is 9.89 Å². The lowest BCUT2D eigenvalue weighted by Crippen LogP contribution is -2.45. The predicted molar refractivity (Wildman–Crippen MR) is 81.7 cm³/mol. The number of hydrogen-bond acceptors (Lipinski definition) is 3. The van der Waals surface area contributed by atoms with Gasteiger partial charge in [0.05, 0.1) is 25.8 Å². The maximum absolute atomic E-state index is 13.0. The molecular formula is C15H23FN4O. The van der Waals surface area contributed by atoms with Crippen molar-refractivity contribution in [2.45, 2.75) is 6.04 Å². The van der Waals surface area contributed by atoms with Crippen LogP contribution in [-0.2, 0) is 4.74 Å². The molecule has 5 nitrogen and oxygen atoms in total. The van der Waals surface area contributed by atoms with Crippen molar-refractivity contribution in [3.63, 3.8) is 0 Å². The van der Waals surface area contributed by atoms with E-state index in [4.69, 9.17) is 10.5 Å². The Balaban J connectivity index is 2.04. The lowest BCUT2D eigenvalue weighted by atomic mass is 10.1. The summed E-state index contributed by atoms with van der Waals surface area (Å²) in [5.41, 5.74) is 7.07. The predicted octanol–water partition coefficient (Wildman–Crippen LogP) is 1.08. The van der Waals surface area contributed by atoms with E-state index in [0.717, 1.165) is 18.7 Å².